The SMILES string of the molecule is CCC(N=C1NC(C)(C)CCS1)C1CCCCC1. The molecule has 0 aromatic rings. The van der Waals surface area contributed by atoms with Crippen LogP contribution < -0.4 is 5.32 Å². The molecule has 0 spiro atoms. The Kier molecular flexibility index (Phi) is 4.99. The lowest BCUT2D eigenvalue weighted by atomic mass is 9.83. The van der Waals surface area contributed by atoms with Gasteiger partial charge < -0.3 is 5.32 Å². The lowest BCUT2D eigenvalue weighted by molar-refractivity contribution is 0.300. The van der Waals surface area contributed by atoms with Gasteiger partial charge in [0.25, 0.3) is 0 Å². The topological polar surface area (TPSA) is 24.4 Å². The summed E-state index contributed by atoms with van der Waals surface area (Å²) in [5, 5.41) is 4.81. The molecule has 1 N–H and O–H groups in total. The fraction of sp³-hybridized carbons (Fsp3) is 0.933. The number of nitrogens with zero attached hydrogens (tertiary/aromatic N) is 1. The summed E-state index contributed by atoms with van der Waals surface area (Å²) in [4.78, 5) is 5.04. The summed E-state index contributed by atoms with van der Waals surface area (Å²) in [6.07, 6.45) is 9.47. The minimum absolute atomic E-state index is 0.231. The Labute approximate surface area is 116 Å². The van der Waals surface area contributed by atoms with Crippen LogP contribution in [0.2, 0.25) is 0 Å². The zero-order chi connectivity index (χ0) is 13.0. The van der Waals surface area contributed by atoms with E-state index in [-0.39, 0.29) is 5.54 Å². The van der Waals surface area contributed by atoms with Crippen molar-refractivity contribution in [2.45, 2.75) is 77.3 Å². The smallest absolute Gasteiger partial charge is 0.157 e. The van der Waals surface area contributed by atoms with Crippen LogP contribution in [0.15, 0.2) is 4.99 Å². The van der Waals surface area contributed by atoms with Gasteiger partial charge in [-0.2, -0.15) is 0 Å². The third-order valence-electron chi connectivity index (χ3n) is 4.31. The average Bonchev–Trinajstić information content (AvgIpc) is 2.36. The van der Waals surface area contributed by atoms with Gasteiger partial charge in [-0.25, -0.2) is 0 Å². The number of aliphatic imine (C=N–C) groups is 1. The molecular formula is C15H28N2S. The van der Waals surface area contributed by atoms with Crippen molar-refractivity contribution in [2.24, 2.45) is 10.9 Å². The maximum atomic E-state index is 5.04. The molecule has 1 saturated carbocycles. The van der Waals surface area contributed by atoms with Crippen molar-refractivity contribution in [3.8, 4) is 0 Å². The van der Waals surface area contributed by atoms with E-state index in [1.165, 1.54) is 55.9 Å². The molecule has 2 aliphatic rings. The Bertz CT molecular complexity index is 293. The predicted octanol–water partition coefficient (Wildman–Crippen LogP) is 4.21. The first-order chi connectivity index (χ1) is 8.61. The Hall–Kier alpha value is -0.180. The Morgan fingerprint density at radius 3 is 2.67 bits per heavy atom. The van der Waals surface area contributed by atoms with Crippen LogP contribution in [0.5, 0.6) is 0 Å². The first-order valence-electron chi connectivity index (χ1n) is 7.59. The van der Waals surface area contributed by atoms with E-state index in [4.69, 9.17) is 4.99 Å². The molecule has 2 fully saturated rings. The summed E-state index contributed by atoms with van der Waals surface area (Å²) >= 11 is 1.91. The van der Waals surface area contributed by atoms with Crippen LogP contribution in [0.4, 0.5) is 0 Å². The third-order valence-corrected chi connectivity index (χ3v) is 5.20. The summed E-state index contributed by atoms with van der Waals surface area (Å²) in [7, 11) is 0. The highest BCUT2D eigenvalue weighted by Crippen LogP contribution is 2.31. The van der Waals surface area contributed by atoms with Crippen molar-refractivity contribution >= 4 is 16.9 Å². The van der Waals surface area contributed by atoms with E-state index in [2.05, 4.69) is 26.1 Å². The third kappa shape index (κ3) is 3.91. The molecule has 0 aromatic carbocycles. The molecule has 2 rings (SSSR count). The molecule has 1 aliphatic carbocycles. The van der Waals surface area contributed by atoms with Crippen LogP contribution in [0.3, 0.4) is 0 Å². The van der Waals surface area contributed by atoms with Crippen molar-refractivity contribution in [1.29, 1.82) is 0 Å². The summed E-state index contributed by atoms with van der Waals surface area (Å²) in [6.45, 7) is 6.86. The zero-order valence-corrected chi connectivity index (χ0v) is 13.0. The molecule has 1 unspecified atom stereocenters. The van der Waals surface area contributed by atoms with Crippen LogP contribution >= 0.6 is 11.8 Å². The Balaban J connectivity index is 1.99. The molecule has 1 saturated heterocycles. The van der Waals surface area contributed by atoms with Gasteiger partial charge >= 0.3 is 0 Å². The highest BCUT2D eigenvalue weighted by Gasteiger charge is 2.27. The zero-order valence-electron chi connectivity index (χ0n) is 12.2. The first kappa shape index (κ1) is 14.2. The molecule has 104 valence electrons. The van der Waals surface area contributed by atoms with Crippen molar-refractivity contribution in [3.05, 3.63) is 0 Å². The molecule has 0 aromatic heterocycles. The van der Waals surface area contributed by atoms with E-state index in [9.17, 15) is 0 Å². The number of rotatable bonds is 3. The van der Waals surface area contributed by atoms with Gasteiger partial charge in [0, 0.05) is 11.3 Å². The largest absolute Gasteiger partial charge is 0.360 e. The monoisotopic (exact) mass is 268 g/mol. The summed E-state index contributed by atoms with van der Waals surface area (Å²) in [5.74, 6) is 2.05. The standard InChI is InChI=1S/C15H28N2S/c1-4-13(12-8-6-5-7-9-12)16-14-17-15(2,3)10-11-18-14/h12-13H,4-11H2,1-3H3,(H,16,17). The Morgan fingerprint density at radius 1 is 1.33 bits per heavy atom. The normalized spacial score (nSPS) is 28.9. The molecule has 0 radical (unpaired) electrons. The van der Waals surface area contributed by atoms with E-state index in [0.29, 0.717) is 6.04 Å². The van der Waals surface area contributed by atoms with Crippen LogP contribution in [0.1, 0.15) is 65.7 Å². The van der Waals surface area contributed by atoms with Crippen molar-refractivity contribution in [1.82, 2.24) is 5.32 Å². The highest BCUT2D eigenvalue weighted by molar-refractivity contribution is 8.13. The van der Waals surface area contributed by atoms with E-state index in [1.807, 2.05) is 11.8 Å². The highest BCUT2D eigenvalue weighted by atomic mass is 32.2. The molecule has 3 heteroatoms. The van der Waals surface area contributed by atoms with Gasteiger partial charge in [0.1, 0.15) is 0 Å². The van der Waals surface area contributed by atoms with Gasteiger partial charge in [-0.05, 0) is 45.4 Å². The fourth-order valence-corrected chi connectivity index (χ4v) is 4.42. The lowest BCUT2D eigenvalue weighted by Crippen LogP contribution is -2.46. The van der Waals surface area contributed by atoms with E-state index >= 15 is 0 Å². The minimum Gasteiger partial charge on any atom is -0.360 e. The van der Waals surface area contributed by atoms with Crippen molar-refractivity contribution < 1.29 is 0 Å². The van der Waals surface area contributed by atoms with Gasteiger partial charge in [-0.3, -0.25) is 4.99 Å². The van der Waals surface area contributed by atoms with Crippen LogP contribution in [-0.2, 0) is 0 Å². The molecule has 1 aliphatic heterocycles. The Morgan fingerprint density at radius 2 is 2.06 bits per heavy atom. The molecule has 18 heavy (non-hydrogen) atoms. The van der Waals surface area contributed by atoms with E-state index in [0.717, 1.165) is 5.92 Å². The maximum absolute atomic E-state index is 5.04. The van der Waals surface area contributed by atoms with Crippen molar-refractivity contribution in [2.75, 3.05) is 5.75 Å². The molecule has 0 bridgehead atoms. The quantitative estimate of drug-likeness (QED) is 0.829. The fourth-order valence-electron chi connectivity index (χ4n) is 3.06. The second kappa shape index (κ2) is 6.31. The number of hydrogen-bond donors (Lipinski definition) is 1. The molecule has 1 atom stereocenters. The van der Waals surface area contributed by atoms with E-state index < -0.39 is 0 Å². The maximum Gasteiger partial charge on any atom is 0.157 e. The second-order valence-electron chi connectivity index (χ2n) is 6.42. The number of nitrogens with one attached hydrogen (secondary N) is 1. The second-order valence-corrected chi connectivity index (χ2v) is 7.50. The number of amidine groups is 1. The summed E-state index contributed by atoms with van der Waals surface area (Å²) in [5.41, 5.74) is 0.231. The number of hydrogen-bond acceptors (Lipinski definition) is 2. The van der Waals surface area contributed by atoms with Crippen molar-refractivity contribution in [3.63, 3.8) is 0 Å². The molecule has 0 amide bonds. The summed E-state index contributed by atoms with van der Waals surface area (Å²) in [6, 6.07) is 0.550. The van der Waals surface area contributed by atoms with Gasteiger partial charge in [0.05, 0.1) is 6.04 Å². The van der Waals surface area contributed by atoms with Gasteiger partial charge in [0.2, 0.25) is 0 Å². The van der Waals surface area contributed by atoms with Gasteiger partial charge in [-0.1, -0.05) is 37.9 Å². The molecule has 1 heterocycles. The minimum atomic E-state index is 0.231. The average molecular weight is 268 g/mol. The first-order valence-corrected chi connectivity index (χ1v) is 8.58. The lowest BCUT2D eigenvalue weighted by Gasteiger charge is -2.34. The number of thioether (sulfide) groups is 1. The van der Waals surface area contributed by atoms with Gasteiger partial charge in [-0.15, -0.1) is 0 Å². The molecular weight excluding hydrogens is 240 g/mol. The van der Waals surface area contributed by atoms with Crippen LogP contribution in [-0.4, -0.2) is 22.5 Å². The van der Waals surface area contributed by atoms with E-state index in [1.54, 1.807) is 0 Å². The summed E-state index contributed by atoms with van der Waals surface area (Å²) < 4.78 is 0. The predicted molar refractivity (Wildman–Crippen MR) is 82.4 cm³/mol. The van der Waals surface area contributed by atoms with Crippen LogP contribution in [0.25, 0.3) is 0 Å². The van der Waals surface area contributed by atoms with Gasteiger partial charge in [0.15, 0.2) is 5.17 Å². The molecule has 2 nitrogen and oxygen atoms in total. The van der Waals surface area contributed by atoms with Crippen LogP contribution in [0, 0.1) is 5.92 Å².